The molecule has 1 aromatic rings. The van der Waals surface area contributed by atoms with E-state index < -0.39 is 0 Å². The Morgan fingerprint density at radius 2 is 2.33 bits per heavy atom. The van der Waals surface area contributed by atoms with Crippen LogP contribution in [0.4, 0.5) is 0 Å². The van der Waals surface area contributed by atoms with Crippen molar-refractivity contribution in [3.63, 3.8) is 0 Å². The van der Waals surface area contributed by atoms with Crippen LogP contribution < -0.4 is 5.73 Å². The molecule has 3 nitrogen and oxygen atoms in total. The lowest BCUT2D eigenvalue weighted by atomic mass is 10.1. The average Bonchev–Trinajstić information content (AvgIpc) is 2.57. The van der Waals surface area contributed by atoms with Crippen molar-refractivity contribution in [2.45, 2.75) is 45.3 Å². The van der Waals surface area contributed by atoms with Gasteiger partial charge in [-0.2, -0.15) is 0 Å². The molecule has 1 aliphatic heterocycles. The molecule has 1 aliphatic rings. The van der Waals surface area contributed by atoms with Crippen LogP contribution in [0, 0.1) is 0 Å². The van der Waals surface area contributed by atoms with E-state index in [0.29, 0.717) is 6.10 Å². The summed E-state index contributed by atoms with van der Waals surface area (Å²) in [6, 6.07) is 0. The maximum atomic E-state index is 5.78. The Morgan fingerprint density at radius 1 is 1.53 bits per heavy atom. The summed E-state index contributed by atoms with van der Waals surface area (Å²) in [5, 5.41) is 1.22. The molecule has 84 valence electrons. The van der Waals surface area contributed by atoms with Crippen LogP contribution >= 0.6 is 11.3 Å². The third kappa shape index (κ3) is 2.38. The van der Waals surface area contributed by atoms with Crippen molar-refractivity contribution in [2.75, 3.05) is 6.54 Å². The fourth-order valence-electron chi connectivity index (χ4n) is 1.97. The molecule has 0 bridgehead atoms. The van der Waals surface area contributed by atoms with Crippen molar-refractivity contribution in [1.82, 2.24) is 4.98 Å². The molecular weight excluding hydrogens is 208 g/mol. The van der Waals surface area contributed by atoms with Crippen molar-refractivity contribution in [2.24, 2.45) is 5.73 Å². The molecular formula is C11H18N2OS. The number of nitrogens with two attached hydrogens (primary N) is 1. The van der Waals surface area contributed by atoms with Crippen LogP contribution in [0.25, 0.3) is 0 Å². The van der Waals surface area contributed by atoms with E-state index in [-0.39, 0.29) is 6.10 Å². The molecule has 0 spiro atoms. The van der Waals surface area contributed by atoms with E-state index in [1.54, 1.807) is 11.3 Å². The third-order valence-electron chi connectivity index (χ3n) is 2.65. The zero-order valence-electron chi connectivity index (χ0n) is 9.32. The number of rotatable bonds is 3. The van der Waals surface area contributed by atoms with Gasteiger partial charge < -0.3 is 10.5 Å². The number of thiazole rings is 1. The van der Waals surface area contributed by atoms with Gasteiger partial charge in [-0.1, -0.05) is 0 Å². The summed E-state index contributed by atoms with van der Waals surface area (Å²) in [5.74, 6) is 0. The van der Waals surface area contributed by atoms with Crippen LogP contribution in [0.5, 0.6) is 0 Å². The molecule has 15 heavy (non-hydrogen) atoms. The van der Waals surface area contributed by atoms with Crippen LogP contribution in [-0.4, -0.2) is 17.6 Å². The number of hydrogen-bond donors (Lipinski definition) is 1. The first-order valence-corrected chi connectivity index (χ1v) is 6.36. The topological polar surface area (TPSA) is 48.1 Å². The van der Waals surface area contributed by atoms with Gasteiger partial charge in [0.15, 0.2) is 0 Å². The van der Waals surface area contributed by atoms with Gasteiger partial charge in [0.1, 0.15) is 0 Å². The van der Waals surface area contributed by atoms with Gasteiger partial charge in [0, 0.05) is 12.8 Å². The first kappa shape index (κ1) is 11.0. The molecule has 2 rings (SSSR count). The fourth-order valence-corrected chi connectivity index (χ4v) is 3.09. The largest absolute Gasteiger partial charge is 0.370 e. The van der Waals surface area contributed by atoms with Crippen molar-refractivity contribution in [3.05, 3.63) is 15.6 Å². The molecule has 0 aliphatic carbocycles. The molecule has 0 aromatic carbocycles. The summed E-state index contributed by atoms with van der Waals surface area (Å²) in [6.07, 6.45) is 3.51. The van der Waals surface area contributed by atoms with Crippen molar-refractivity contribution in [3.8, 4) is 0 Å². The Hall–Kier alpha value is -0.450. The van der Waals surface area contributed by atoms with Crippen molar-refractivity contribution < 1.29 is 4.74 Å². The van der Waals surface area contributed by atoms with Crippen LogP contribution in [0.1, 0.15) is 42.0 Å². The summed E-state index contributed by atoms with van der Waals surface area (Å²) < 4.78 is 5.78. The minimum absolute atomic E-state index is 0.216. The summed E-state index contributed by atoms with van der Waals surface area (Å²) in [5.41, 5.74) is 6.75. The van der Waals surface area contributed by atoms with Gasteiger partial charge in [-0.25, -0.2) is 4.98 Å². The van der Waals surface area contributed by atoms with E-state index in [9.17, 15) is 0 Å². The van der Waals surface area contributed by atoms with E-state index >= 15 is 0 Å². The number of ether oxygens (including phenoxy) is 1. The summed E-state index contributed by atoms with van der Waals surface area (Å²) >= 11 is 1.79. The number of aromatic nitrogens is 1. The molecule has 0 saturated heterocycles. The molecule has 2 atom stereocenters. The molecule has 4 heteroatoms. The molecule has 1 aromatic heterocycles. The van der Waals surface area contributed by atoms with Gasteiger partial charge in [0.05, 0.1) is 27.8 Å². The van der Waals surface area contributed by atoms with Crippen LogP contribution in [-0.2, 0) is 17.6 Å². The Labute approximate surface area is 94.7 Å². The minimum atomic E-state index is 0.216. The van der Waals surface area contributed by atoms with E-state index in [0.717, 1.165) is 25.8 Å². The normalized spacial score (nSPS) is 25.3. The van der Waals surface area contributed by atoms with Gasteiger partial charge in [-0.3, -0.25) is 0 Å². The smallest absolute Gasteiger partial charge is 0.0932 e. The van der Waals surface area contributed by atoms with Crippen molar-refractivity contribution >= 4 is 11.3 Å². The highest BCUT2D eigenvalue weighted by molar-refractivity contribution is 7.11. The number of nitrogens with zero attached hydrogens (tertiary/aromatic N) is 1. The highest BCUT2D eigenvalue weighted by Gasteiger charge is 2.25. The second kappa shape index (κ2) is 4.60. The average molecular weight is 226 g/mol. The monoisotopic (exact) mass is 226 g/mol. The standard InChI is InChI=1S/C11H18N2OS/c1-7-6-9-11(8(2)14-7)15-10(13-9)4-3-5-12/h7-8H,3-6,12H2,1-2H3. The van der Waals surface area contributed by atoms with Crippen molar-refractivity contribution in [1.29, 1.82) is 0 Å². The SMILES string of the molecule is CC1Cc2nc(CCCN)sc2C(C)O1. The lowest BCUT2D eigenvalue weighted by Gasteiger charge is -2.23. The zero-order chi connectivity index (χ0) is 10.8. The highest BCUT2D eigenvalue weighted by Crippen LogP contribution is 2.34. The molecule has 2 N–H and O–H groups in total. The second-order valence-corrected chi connectivity index (χ2v) is 5.22. The first-order valence-electron chi connectivity index (χ1n) is 5.54. The van der Waals surface area contributed by atoms with E-state index in [2.05, 4.69) is 18.8 Å². The maximum Gasteiger partial charge on any atom is 0.0932 e. The molecule has 2 unspecified atom stereocenters. The molecule has 0 radical (unpaired) electrons. The van der Waals surface area contributed by atoms with Gasteiger partial charge in [-0.05, 0) is 26.8 Å². The van der Waals surface area contributed by atoms with Gasteiger partial charge in [0.2, 0.25) is 0 Å². The van der Waals surface area contributed by atoms with E-state index in [1.807, 2.05) is 0 Å². The van der Waals surface area contributed by atoms with Crippen LogP contribution in [0.15, 0.2) is 0 Å². The molecule has 0 fully saturated rings. The first-order chi connectivity index (χ1) is 7.20. The zero-order valence-corrected chi connectivity index (χ0v) is 10.1. The Kier molecular flexibility index (Phi) is 3.38. The Bertz CT molecular complexity index is 337. The van der Waals surface area contributed by atoms with Gasteiger partial charge in [-0.15, -0.1) is 11.3 Å². The highest BCUT2D eigenvalue weighted by atomic mass is 32.1. The van der Waals surface area contributed by atoms with Gasteiger partial charge in [0.25, 0.3) is 0 Å². The Morgan fingerprint density at radius 3 is 3.07 bits per heavy atom. The fraction of sp³-hybridized carbons (Fsp3) is 0.727. The third-order valence-corrected chi connectivity index (χ3v) is 3.97. The molecule has 0 saturated carbocycles. The lowest BCUT2D eigenvalue weighted by Crippen LogP contribution is -2.20. The predicted octanol–water partition coefficient (Wildman–Crippen LogP) is 2.06. The van der Waals surface area contributed by atoms with Crippen LogP contribution in [0.2, 0.25) is 0 Å². The van der Waals surface area contributed by atoms with Crippen LogP contribution in [0.3, 0.4) is 0 Å². The molecule has 2 heterocycles. The number of aryl methyl sites for hydroxylation is 1. The summed E-state index contributed by atoms with van der Waals surface area (Å²) in [6.45, 7) is 4.96. The quantitative estimate of drug-likeness (QED) is 0.858. The maximum absolute atomic E-state index is 5.78. The summed E-state index contributed by atoms with van der Waals surface area (Å²) in [7, 11) is 0. The summed E-state index contributed by atoms with van der Waals surface area (Å²) in [4.78, 5) is 5.99. The lowest BCUT2D eigenvalue weighted by molar-refractivity contribution is -0.00318. The van der Waals surface area contributed by atoms with E-state index in [1.165, 1.54) is 15.6 Å². The predicted molar refractivity (Wildman–Crippen MR) is 62.2 cm³/mol. The molecule has 0 amide bonds. The second-order valence-electron chi connectivity index (χ2n) is 4.10. The number of hydrogen-bond acceptors (Lipinski definition) is 4. The minimum Gasteiger partial charge on any atom is -0.370 e. The van der Waals surface area contributed by atoms with Gasteiger partial charge >= 0.3 is 0 Å². The Balaban J connectivity index is 2.15. The van der Waals surface area contributed by atoms with E-state index in [4.69, 9.17) is 10.5 Å². The number of fused-ring (bicyclic) bond motifs is 1.